The van der Waals surface area contributed by atoms with Gasteiger partial charge in [0.25, 0.3) is 5.91 Å². The van der Waals surface area contributed by atoms with E-state index >= 15 is 0 Å². The first kappa shape index (κ1) is 27.7. The van der Waals surface area contributed by atoms with Gasteiger partial charge in [0, 0.05) is 28.4 Å². The van der Waals surface area contributed by atoms with Gasteiger partial charge in [-0.3, -0.25) is 9.36 Å². The van der Waals surface area contributed by atoms with Crippen molar-refractivity contribution >= 4 is 40.3 Å². The number of carbonyl (C=O) groups excluding carboxylic acids is 1. The monoisotopic (exact) mass is 566 g/mol. The number of ether oxygens (including phenoxy) is 2. The molecule has 4 aromatic carbocycles. The molecule has 9 nitrogen and oxygen atoms in total. The van der Waals surface area contributed by atoms with E-state index in [1.54, 1.807) is 26.4 Å². The lowest BCUT2D eigenvalue weighted by Crippen LogP contribution is -2.27. The second-order valence-electron chi connectivity index (χ2n) is 9.05. The van der Waals surface area contributed by atoms with Crippen LogP contribution < -0.4 is 20.2 Å². The molecular weight excluding hydrogens is 536 g/mol. The smallest absolute Gasteiger partial charge is 0.253 e. The highest BCUT2D eigenvalue weighted by molar-refractivity contribution is 8.00. The molecule has 0 bridgehead atoms. The predicted molar refractivity (Wildman–Crippen MR) is 163 cm³/mol. The van der Waals surface area contributed by atoms with E-state index in [0.717, 1.165) is 28.0 Å². The predicted octanol–water partition coefficient (Wildman–Crippen LogP) is 5.68. The van der Waals surface area contributed by atoms with Gasteiger partial charge in [-0.2, -0.15) is 5.10 Å². The highest BCUT2D eigenvalue weighted by atomic mass is 32.2. The van der Waals surface area contributed by atoms with E-state index in [-0.39, 0.29) is 5.91 Å². The molecule has 0 unspecified atom stereocenters. The van der Waals surface area contributed by atoms with Crippen LogP contribution in [-0.4, -0.2) is 46.4 Å². The van der Waals surface area contributed by atoms with Crippen molar-refractivity contribution < 1.29 is 14.3 Å². The van der Waals surface area contributed by atoms with Gasteiger partial charge in [0.1, 0.15) is 11.5 Å². The minimum atomic E-state index is -0.490. The van der Waals surface area contributed by atoms with Crippen molar-refractivity contribution in [2.45, 2.75) is 23.9 Å². The molecule has 0 spiro atoms. The van der Waals surface area contributed by atoms with Crippen molar-refractivity contribution in [3.8, 4) is 17.2 Å². The van der Waals surface area contributed by atoms with E-state index < -0.39 is 5.25 Å². The van der Waals surface area contributed by atoms with Crippen LogP contribution in [0, 0.1) is 0 Å². The molecule has 2 N–H and O–H groups in total. The van der Waals surface area contributed by atoms with Crippen LogP contribution in [-0.2, 0) is 11.3 Å². The molecule has 1 amide bonds. The maximum absolute atomic E-state index is 12.9. The summed E-state index contributed by atoms with van der Waals surface area (Å²) in [5.74, 6) is 1.72. The zero-order valence-electron chi connectivity index (χ0n) is 22.9. The standard InChI is InChI=1S/C31H30N6O3S/c1-21(30(38)35-33-19-23-16-17-25(39-2)18-28(23)40-3)41-31-36-34-29(37(31)24-12-5-4-6-13-24)20-32-27-15-9-11-22-10-7-8-14-26(22)27/h4-19,21,32H,20H2,1-3H3,(H,35,38)/b33-19-/t21-/m0/s1. The lowest BCUT2D eigenvalue weighted by molar-refractivity contribution is -0.120. The number of amides is 1. The fourth-order valence-corrected chi connectivity index (χ4v) is 5.15. The third-order valence-electron chi connectivity index (χ3n) is 6.41. The van der Waals surface area contributed by atoms with Crippen molar-refractivity contribution in [2.24, 2.45) is 5.10 Å². The van der Waals surface area contributed by atoms with Crippen molar-refractivity contribution in [2.75, 3.05) is 19.5 Å². The molecule has 5 aromatic rings. The number of anilines is 1. The number of fused-ring (bicyclic) bond motifs is 1. The number of hydrogen-bond acceptors (Lipinski definition) is 8. The van der Waals surface area contributed by atoms with Crippen LogP contribution in [0.5, 0.6) is 11.5 Å². The van der Waals surface area contributed by atoms with Crippen molar-refractivity contribution in [3.63, 3.8) is 0 Å². The zero-order chi connectivity index (χ0) is 28.6. The summed E-state index contributed by atoms with van der Waals surface area (Å²) in [4.78, 5) is 12.9. The summed E-state index contributed by atoms with van der Waals surface area (Å²) in [6, 6.07) is 29.6. The lowest BCUT2D eigenvalue weighted by Gasteiger charge is -2.14. The Kier molecular flexibility index (Phi) is 8.80. The lowest BCUT2D eigenvalue weighted by atomic mass is 10.1. The molecule has 0 saturated carbocycles. The summed E-state index contributed by atoms with van der Waals surface area (Å²) in [6.45, 7) is 2.26. The van der Waals surface area contributed by atoms with Crippen LogP contribution >= 0.6 is 11.8 Å². The van der Waals surface area contributed by atoms with Crippen molar-refractivity contribution in [3.05, 3.63) is 102 Å². The van der Waals surface area contributed by atoms with Gasteiger partial charge in [0.05, 0.1) is 32.2 Å². The minimum absolute atomic E-state index is 0.267. The van der Waals surface area contributed by atoms with E-state index in [4.69, 9.17) is 9.47 Å². The second-order valence-corrected chi connectivity index (χ2v) is 10.4. The Morgan fingerprint density at radius 2 is 1.76 bits per heavy atom. The van der Waals surface area contributed by atoms with Crippen LogP contribution in [0.4, 0.5) is 5.69 Å². The maximum atomic E-state index is 12.9. The highest BCUT2D eigenvalue weighted by Crippen LogP contribution is 2.28. The van der Waals surface area contributed by atoms with Crippen LogP contribution in [0.3, 0.4) is 0 Å². The first-order chi connectivity index (χ1) is 20.1. The Bertz CT molecular complexity index is 1670. The molecule has 41 heavy (non-hydrogen) atoms. The van der Waals surface area contributed by atoms with E-state index in [1.165, 1.54) is 18.0 Å². The first-order valence-electron chi connectivity index (χ1n) is 13.0. The first-order valence-corrected chi connectivity index (χ1v) is 13.9. The fraction of sp³-hybridized carbons (Fsp3) is 0.161. The zero-order valence-corrected chi connectivity index (χ0v) is 23.8. The number of hydrogen-bond donors (Lipinski definition) is 2. The summed E-state index contributed by atoms with van der Waals surface area (Å²) in [5, 5.41) is 19.0. The largest absolute Gasteiger partial charge is 0.497 e. The highest BCUT2D eigenvalue weighted by Gasteiger charge is 2.21. The van der Waals surface area contributed by atoms with E-state index in [0.29, 0.717) is 28.8 Å². The number of para-hydroxylation sites is 1. The van der Waals surface area contributed by atoms with Crippen LogP contribution in [0.2, 0.25) is 0 Å². The number of carbonyl (C=O) groups is 1. The molecule has 0 fully saturated rings. The number of methoxy groups -OCH3 is 2. The molecule has 5 rings (SSSR count). The molecule has 0 aliphatic rings. The molecule has 0 saturated heterocycles. The summed E-state index contributed by atoms with van der Waals surface area (Å²) in [7, 11) is 3.16. The summed E-state index contributed by atoms with van der Waals surface area (Å²) in [6.07, 6.45) is 1.54. The Morgan fingerprint density at radius 3 is 2.56 bits per heavy atom. The number of aromatic nitrogens is 3. The molecule has 10 heteroatoms. The Hall–Kier alpha value is -4.83. The molecule has 1 heterocycles. The van der Waals surface area contributed by atoms with Gasteiger partial charge in [-0.05, 0) is 42.6 Å². The number of nitrogens with one attached hydrogen (secondary N) is 2. The molecule has 208 valence electrons. The number of hydrazone groups is 1. The van der Waals surface area contributed by atoms with E-state index in [9.17, 15) is 4.79 Å². The third-order valence-corrected chi connectivity index (χ3v) is 7.45. The quantitative estimate of drug-likeness (QED) is 0.120. The molecule has 1 atom stereocenters. The number of thioether (sulfide) groups is 1. The topological polar surface area (TPSA) is 103 Å². The minimum Gasteiger partial charge on any atom is -0.497 e. The van der Waals surface area contributed by atoms with Gasteiger partial charge in [0.2, 0.25) is 0 Å². The molecule has 0 aliphatic heterocycles. The average molecular weight is 567 g/mol. The summed E-state index contributed by atoms with van der Waals surface area (Å²) >= 11 is 1.31. The van der Waals surface area contributed by atoms with E-state index in [1.807, 2.05) is 66.1 Å². The van der Waals surface area contributed by atoms with Gasteiger partial charge in [-0.25, -0.2) is 5.43 Å². The third kappa shape index (κ3) is 6.50. The maximum Gasteiger partial charge on any atom is 0.253 e. The fourth-order valence-electron chi connectivity index (χ4n) is 4.27. The van der Waals surface area contributed by atoms with Crippen LogP contribution in [0.1, 0.15) is 18.3 Å². The summed E-state index contributed by atoms with van der Waals surface area (Å²) < 4.78 is 12.6. The molecule has 1 aromatic heterocycles. The van der Waals surface area contributed by atoms with Crippen LogP contribution in [0.15, 0.2) is 101 Å². The Balaban J connectivity index is 1.31. The molecular formula is C31H30N6O3S. The van der Waals surface area contributed by atoms with Gasteiger partial charge in [-0.1, -0.05) is 66.4 Å². The molecule has 0 radical (unpaired) electrons. The van der Waals surface area contributed by atoms with Crippen LogP contribution in [0.25, 0.3) is 16.5 Å². The summed E-state index contributed by atoms with van der Waals surface area (Å²) in [5.41, 5.74) is 5.25. The van der Waals surface area contributed by atoms with Gasteiger partial charge in [0.15, 0.2) is 11.0 Å². The van der Waals surface area contributed by atoms with Gasteiger partial charge < -0.3 is 14.8 Å². The number of nitrogens with zero attached hydrogens (tertiary/aromatic N) is 4. The van der Waals surface area contributed by atoms with Crippen molar-refractivity contribution in [1.82, 2.24) is 20.2 Å². The van der Waals surface area contributed by atoms with Gasteiger partial charge >= 0.3 is 0 Å². The number of benzene rings is 4. The number of rotatable bonds is 11. The normalized spacial score (nSPS) is 11.9. The molecule has 0 aliphatic carbocycles. The second kappa shape index (κ2) is 13.0. The average Bonchev–Trinajstić information content (AvgIpc) is 3.42. The Morgan fingerprint density at radius 1 is 0.976 bits per heavy atom. The van der Waals surface area contributed by atoms with E-state index in [2.05, 4.69) is 50.3 Å². The van der Waals surface area contributed by atoms with Gasteiger partial charge in [-0.15, -0.1) is 10.2 Å². The SMILES string of the molecule is COc1ccc(/C=N\NC(=O)[C@H](C)Sc2nnc(CNc3cccc4ccccc34)n2-c2ccccc2)c(OC)c1. The van der Waals surface area contributed by atoms with Crippen molar-refractivity contribution in [1.29, 1.82) is 0 Å². The Labute approximate surface area is 242 Å².